The maximum Gasteiger partial charge on any atom is 0.328 e. The minimum atomic E-state index is -0.419. The number of amides is 4. The molecule has 322 valence electrons. The number of hydrogen-bond acceptors (Lipinski definition) is 13. The number of nitrogens with two attached hydrogens (primary N) is 1. The van der Waals surface area contributed by atoms with E-state index < -0.39 is 6.03 Å². The van der Waals surface area contributed by atoms with Gasteiger partial charge in [-0.2, -0.15) is 0 Å². The number of benzene rings is 2. The van der Waals surface area contributed by atoms with Gasteiger partial charge in [-0.25, -0.2) is 9.78 Å². The number of phenols is 1. The van der Waals surface area contributed by atoms with Crippen molar-refractivity contribution in [2.45, 2.75) is 56.6 Å². The summed E-state index contributed by atoms with van der Waals surface area (Å²) in [5.74, 6) is 0.622. The minimum absolute atomic E-state index is 0.00404. The van der Waals surface area contributed by atoms with E-state index >= 15 is 0 Å². The lowest BCUT2D eigenvalue weighted by atomic mass is 10.0. The highest BCUT2D eigenvalue weighted by atomic mass is 16.7. The molecule has 1 saturated carbocycles. The largest absolute Gasteiger partial charge is 0.507 e. The normalized spacial score (nSPS) is 23.8. The Balaban J connectivity index is 0.720. The number of piperazine rings is 1. The molecule has 10 rings (SSSR count). The Morgan fingerprint density at radius 1 is 0.952 bits per heavy atom. The second-order valence-electron chi connectivity index (χ2n) is 16.9. The minimum Gasteiger partial charge on any atom is -0.507 e. The molecule has 7 heterocycles. The summed E-state index contributed by atoms with van der Waals surface area (Å²) in [5.41, 5.74) is 12.5. The van der Waals surface area contributed by atoms with Crippen molar-refractivity contribution in [2.24, 2.45) is 0 Å². The summed E-state index contributed by atoms with van der Waals surface area (Å²) in [6.45, 7) is 7.66. The maximum absolute atomic E-state index is 13.7. The highest BCUT2D eigenvalue weighted by Crippen LogP contribution is 2.45. The molecule has 0 unspecified atom stereocenters. The van der Waals surface area contributed by atoms with Gasteiger partial charge < -0.3 is 39.4 Å². The number of morpholine rings is 1. The monoisotopic (exact) mass is 842 g/mol. The molecule has 5 aromatic rings. The number of nitrogens with one attached hydrogen (secondary N) is 1. The second kappa shape index (κ2) is 16.6. The molecule has 4 N–H and O–H groups in total. The number of urea groups is 1. The van der Waals surface area contributed by atoms with Crippen molar-refractivity contribution in [3.63, 3.8) is 0 Å². The number of aromatic nitrogens is 4. The second-order valence-corrected chi connectivity index (χ2v) is 16.9. The zero-order chi connectivity index (χ0) is 42.5. The van der Waals surface area contributed by atoms with E-state index in [2.05, 4.69) is 36.1 Å². The van der Waals surface area contributed by atoms with Crippen LogP contribution in [-0.4, -0.2) is 130 Å². The van der Waals surface area contributed by atoms with Gasteiger partial charge in [-0.05, 0) is 73.2 Å². The lowest BCUT2D eigenvalue weighted by Gasteiger charge is -2.39. The number of hydrogen-bond donors (Lipinski definition) is 3. The number of carbonyl (C=O) groups is 3. The number of anilines is 3. The Labute approximate surface area is 358 Å². The topological polar surface area (TPSA) is 194 Å². The van der Waals surface area contributed by atoms with Gasteiger partial charge in [-0.1, -0.05) is 24.3 Å². The average Bonchev–Trinajstić information content (AvgIpc) is 4.07. The predicted octanol–water partition coefficient (Wildman–Crippen LogP) is 4.44. The van der Waals surface area contributed by atoms with Crippen LogP contribution in [0.25, 0.3) is 22.3 Å². The molecule has 4 amide bonds. The summed E-state index contributed by atoms with van der Waals surface area (Å²) in [4.78, 5) is 50.6. The van der Waals surface area contributed by atoms with E-state index in [1.54, 1.807) is 29.3 Å². The highest BCUT2D eigenvalue weighted by Gasteiger charge is 2.34. The fraction of sp³-hybridized carbons (Fsp3) is 0.422. The van der Waals surface area contributed by atoms with Crippen LogP contribution >= 0.6 is 0 Å². The van der Waals surface area contributed by atoms with Crippen LogP contribution in [0.1, 0.15) is 65.7 Å². The SMILES string of the molecule is C[C@H]1CN(c2cc(-c3ccccc3O)nnc2N)C[C@@H](c2ccc(C(=O)N3CCN(CC4OCC(n5cc(C6CC6)c6cc(N7CCC(=O)NC7=O)cnc65)CO4)CC3)cc2)O1. The molecule has 4 saturated heterocycles. The molecule has 2 aromatic carbocycles. The number of carbonyl (C=O) groups excluding carboxylic acids is 3. The smallest absolute Gasteiger partial charge is 0.328 e. The number of aromatic hydroxyl groups is 1. The van der Waals surface area contributed by atoms with Crippen LogP contribution in [0.2, 0.25) is 0 Å². The first-order valence-corrected chi connectivity index (χ1v) is 21.4. The van der Waals surface area contributed by atoms with E-state index in [0.29, 0.717) is 99.8 Å². The van der Waals surface area contributed by atoms with Crippen molar-refractivity contribution in [3.05, 3.63) is 89.7 Å². The summed E-state index contributed by atoms with van der Waals surface area (Å²) in [6, 6.07) is 18.1. The molecule has 17 heteroatoms. The van der Waals surface area contributed by atoms with Gasteiger partial charge in [0.15, 0.2) is 12.1 Å². The van der Waals surface area contributed by atoms with Crippen LogP contribution in [0.3, 0.4) is 0 Å². The first kappa shape index (κ1) is 40.0. The summed E-state index contributed by atoms with van der Waals surface area (Å²) >= 11 is 0. The zero-order valence-electron chi connectivity index (χ0n) is 34.6. The van der Waals surface area contributed by atoms with Crippen LogP contribution in [0.5, 0.6) is 5.75 Å². The lowest BCUT2D eigenvalue weighted by molar-refractivity contribution is -0.204. The van der Waals surface area contributed by atoms with Crippen LogP contribution in [0, 0.1) is 0 Å². The molecule has 1 aliphatic carbocycles. The number of pyridine rings is 1. The molecule has 0 radical (unpaired) electrons. The third kappa shape index (κ3) is 8.03. The highest BCUT2D eigenvalue weighted by molar-refractivity contribution is 6.06. The molecule has 17 nitrogen and oxygen atoms in total. The van der Waals surface area contributed by atoms with Crippen LogP contribution in [0.15, 0.2) is 73.1 Å². The van der Waals surface area contributed by atoms with Crippen LogP contribution in [-0.2, 0) is 19.0 Å². The Morgan fingerprint density at radius 3 is 2.47 bits per heavy atom. The Bertz CT molecular complexity index is 2490. The molecule has 0 bridgehead atoms. The molecule has 0 spiro atoms. The van der Waals surface area contributed by atoms with Gasteiger partial charge in [0.25, 0.3) is 5.91 Å². The van der Waals surface area contributed by atoms with Crippen molar-refractivity contribution in [1.29, 1.82) is 0 Å². The fourth-order valence-electron chi connectivity index (χ4n) is 9.07. The summed E-state index contributed by atoms with van der Waals surface area (Å²) in [6.07, 6.45) is 5.64. The van der Waals surface area contributed by atoms with Crippen molar-refractivity contribution in [3.8, 4) is 17.0 Å². The van der Waals surface area contributed by atoms with Crippen molar-refractivity contribution < 1.29 is 33.7 Å². The Hall–Kier alpha value is -6.14. The molecular weight excluding hydrogens is 793 g/mol. The number of imide groups is 1. The molecular formula is C45H50N10O7. The van der Waals surface area contributed by atoms with Crippen molar-refractivity contribution >= 4 is 46.1 Å². The maximum atomic E-state index is 13.7. The summed E-state index contributed by atoms with van der Waals surface area (Å²) in [5, 5.41) is 22.3. The van der Waals surface area contributed by atoms with E-state index in [1.807, 2.05) is 54.3 Å². The van der Waals surface area contributed by atoms with E-state index in [0.717, 1.165) is 35.1 Å². The van der Waals surface area contributed by atoms with Gasteiger partial charge in [0.1, 0.15) is 17.5 Å². The van der Waals surface area contributed by atoms with E-state index in [-0.39, 0.29) is 48.5 Å². The first-order chi connectivity index (χ1) is 30.1. The quantitative estimate of drug-likeness (QED) is 0.189. The molecule has 62 heavy (non-hydrogen) atoms. The van der Waals surface area contributed by atoms with E-state index in [4.69, 9.17) is 24.9 Å². The number of nitrogen functional groups attached to an aromatic ring is 1. The number of fused-ring (bicyclic) bond motifs is 1. The standard InChI is InChI=1S/C45H50N10O7/c1-27-21-53(37-19-36(49-50-42(37)46)33-4-2-3-5-38(33)56)23-39(62-27)29-8-10-30(11-9-29)44(58)52-16-14-51(15-17-52)24-41-60-25-32(26-61-41)55-22-35(28-6-7-28)34-18-31(20-47-43(34)55)54-13-12-40(57)48-45(54)59/h2-5,8-11,18-20,22,27-28,32,39,41,56H,6-7,12-17,21,23-26H2,1H3,(H2,46,50)(H,48,57,59)/t27-,32?,39-,41?/m0/s1. The van der Waals surface area contributed by atoms with Crippen molar-refractivity contribution in [2.75, 3.05) is 81.1 Å². The van der Waals surface area contributed by atoms with Gasteiger partial charge in [0, 0.05) is 81.5 Å². The summed E-state index contributed by atoms with van der Waals surface area (Å²) in [7, 11) is 0. The number of ether oxygens (including phenoxy) is 3. The molecule has 5 fully saturated rings. The third-order valence-corrected chi connectivity index (χ3v) is 12.6. The third-order valence-electron chi connectivity index (χ3n) is 12.6. The fourth-order valence-corrected chi connectivity index (χ4v) is 9.07. The van der Waals surface area contributed by atoms with E-state index in [1.165, 1.54) is 5.56 Å². The van der Waals surface area contributed by atoms with Gasteiger partial charge >= 0.3 is 6.03 Å². The van der Waals surface area contributed by atoms with Crippen molar-refractivity contribution in [1.82, 2.24) is 34.9 Å². The lowest BCUT2D eigenvalue weighted by Crippen LogP contribution is -2.51. The first-order valence-electron chi connectivity index (χ1n) is 21.4. The zero-order valence-corrected chi connectivity index (χ0v) is 34.6. The Morgan fingerprint density at radius 2 is 1.73 bits per heavy atom. The van der Waals surface area contributed by atoms with Gasteiger partial charge in [0.05, 0.1) is 48.6 Å². The van der Waals surface area contributed by atoms with Crippen LogP contribution < -0.4 is 20.9 Å². The van der Waals surface area contributed by atoms with E-state index in [9.17, 15) is 19.5 Å². The predicted molar refractivity (Wildman–Crippen MR) is 230 cm³/mol. The number of nitrogens with zero attached hydrogens (tertiary/aromatic N) is 8. The van der Waals surface area contributed by atoms with Gasteiger partial charge in [-0.15, -0.1) is 10.2 Å². The number of para-hydroxylation sites is 1. The molecule has 4 aliphatic heterocycles. The molecule has 3 aromatic heterocycles. The van der Waals surface area contributed by atoms with Gasteiger partial charge in [-0.3, -0.25) is 24.7 Å². The molecule has 2 atom stereocenters. The summed E-state index contributed by atoms with van der Waals surface area (Å²) < 4.78 is 21.1. The number of rotatable bonds is 9. The van der Waals surface area contributed by atoms with Gasteiger partial charge in [0.2, 0.25) is 5.91 Å². The molecule has 5 aliphatic rings. The average molecular weight is 843 g/mol. The van der Waals surface area contributed by atoms with Crippen LogP contribution in [0.4, 0.5) is 22.0 Å². The Kier molecular flexibility index (Phi) is 10.7. The number of phenolic OH excluding ortho intramolecular Hbond substituents is 1.